The molecule has 0 amide bonds. The van der Waals surface area contributed by atoms with Gasteiger partial charge < -0.3 is 0 Å². The molecule has 2 unspecified atom stereocenters. The van der Waals surface area contributed by atoms with Gasteiger partial charge in [0.15, 0.2) is 0 Å². The Morgan fingerprint density at radius 2 is 0.823 bits per heavy atom. The van der Waals surface area contributed by atoms with Crippen LogP contribution < -0.4 is 0 Å². The zero-order chi connectivity index (χ0) is 47.2. The molecule has 358 valence electrons. The topological polar surface area (TPSA) is 0 Å². The summed E-state index contributed by atoms with van der Waals surface area (Å²) in [7, 11) is 0.0324. The summed E-state index contributed by atoms with van der Waals surface area (Å²) >= 11 is 7.57. The van der Waals surface area contributed by atoms with Gasteiger partial charge in [0.2, 0.25) is 0 Å². The van der Waals surface area contributed by atoms with Crippen molar-refractivity contribution in [3.8, 4) is 11.1 Å². The molecule has 0 N–H and O–H groups in total. The molecule has 0 radical (unpaired) electrons. The van der Waals surface area contributed by atoms with E-state index in [1.165, 1.54) is 63.0 Å². The second kappa shape index (κ2) is 22.5. The van der Waals surface area contributed by atoms with Crippen molar-refractivity contribution in [2.24, 2.45) is 0 Å². The van der Waals surface area contributed by atoms with Crippen LogP contribution in [-0.2, 0) is 20.4 Å². The minimum absolute atomic E-state index is 0. The Balaban J connectivity index is 0.000000815. The molecule has 2 aromatic heterocycles. The Morgan fingerprint density at radius 1 is 0.516 bits per heavy atom. The second-order valence-corrected chi connectivity index (χ2v) is 36.6. The number of allylic oxidation sites excluding steroid dienone is 4. The summed E-state index contributed by atoms with van der Waals surface area (Å²) in [5.74, 6) is 1.72. The summed E-state index contributed by atoms with van der Waals surface area (Å²) in [6.07, 6.45) is 0. The molecule has 62 heavy (non-hydrogen) atoms. The Labute approximate surface area is 419 Å². The van der Waals surface area contributed by atoms with Gasteiger partial charge in [-0.3, -0.25) is 0 Å². The van der Waals surface area contributed by atoms with E-state index in [0.29, 0.717) is 48.7 Å². The van der Waals surface area contributed by atoms with Crippen molar-refractivity contribution in [1.82, 2.24) is 0 Å². The summed E-state index contributed by atoms with van der Waals surface area (Å²) < 4.78 is 1.33. The predicted octanol–water partition coefficient (Wildman–Crippen LogP) is 21.8. The molecule has 0 bridgehead atoms. The first kappa shape index (κ1) is 62.1. The number of fused-ring (bicyclic) bond motifs is 2. The van der Waals surface area contributed by atoms with Gasteiger partial charge in [0.05, 0.1) is 0 Å². The van der Waals surface area contributed by atoms with Crippen molar-refractivity contribution in [2.75, 3.05) is 0 Å². The first-order chi connectivity index (χ1) is 26.7. The Hall–Kier alpha value is 0.102. The van der Waals surface area contributed by atoms with Gasteiger partial charge >= 0.3 is 0 Å². The van der Waals surface area contributed by atoms with E-state index >= 15 is 0 Å². The van der Waals surface area contributed by atoms with Gasteiger partial charge in [-0.1, -0.05) is 211 Å². The summed E-state index contributed by atoms with van der Waals surface area (Å²) in [6.45, 7) is 65.7. The van der Waals surface area contributed by atoms with Crippen LogP contribution in [0.5, 0.6) is 0 Å². The molecule has 2 aliphatic carbocycles. The number of hydrogen-bond acceptors (Lipinski definition) is 2. The number of halogens is 1. The minimum atomic E-state index is 0. The summed E-state index contributed by atoms with van der Waals surface area (Å²) in [4.78, 5) is 5.89. The van der Waals surface area contributed by atoms with Gasteiger partial charge in [-0.15, -0.1) is 22.7 Å². The fourth-order valence-corrected chi connectivity index (χ4v) is 27.0. The van der Waals surface area contributed by atoms with Crippen molar-refractivity contribution < 1.29 is 20.4 Å². The molecule has 0 saturated heterocycles. The van der Waals surface area contributed by atoms with Gasteiger partial charge in [0.1, 0.15) is 0 Å². The largest absolute Gasteiger partial charge is 0.140 e. The summed E-state index contributed by atoms with van der Waals surface area (Å²) in [5, 5.41) is 2.70. The number of rotatable bonds is 2. The molecule has 6 heteroatoms. The molecule has 1 aromatic carbocycles. The minimum Gasteiger partial charge on any atom is -0.140 e. The standard InChI is InChI=1S/C20H24S.2C12H27P.C11H13BrS.CH4.Pd/c1-11(2)16-9-7-8-10-17(16)19-15(6)21-20-14(5)12(3)13(4)18(19)20;2*1-10(2,3)13(11(4,5)6)12(7,8)9;1-5-6(2)9-10(12)8(4)13-11(9)7(5)3;;/h7-11,13H,1-6H3;2*1-9H3;6H,1-4H3;1H4;. The fraction of sp³-hybridized carbons (Fsp3) is 0.679. The van der Waals surface area contributed by atoms with Gasteiger partial charge in [0.25, 0.3) is 0 Å². The van der Waals surface area contributed by atoms with Crippen LogP contribution in [0, 0.1) is 13.8 Å². The second-order valence-electron chi connectivity index (χ2n) is 24.0. The van der Waals surface area contributed by atoms with Crippen molar-refractivity contribution >= 4 is 65.6 Å². The van der Waals surface area contributed by atoms with Crippen molar-refractivity contribution in [3.05, 3.63) is 76.1 Å². The van der Waals surface area contributed by atoms with Crippen LogP contribution in [0.2, 0.25) is 0 Å². The fourth-order valence-electron chi connectivity index (χ4n) is 11.5. The Bertz CT molecular complexity index is 1890. The third-order valence-electron chi connectivity index (χ3n) is 12.1. The Kier molecular flexibility index (Phi) is 22.5. The molecule has 5 rings (SSSR count). The zero-order valence-electron chi connectivity index (χ0n) is 44.4. The summed E-state index contributed by atoms with van der Waals surface area (Å²) in [6, 6.07) is 8.94. The maximum Gasteiger partial charge on any atom is 0.0355 e. The normalized spacial score (nSPS) is 16.8. The molecule has 0 nitrogen and oxygen atoms in total. The molecule has 2 aliphatic rings. The van der Waals surface area contributed by atoms with Crippen LogP contribution in [-0.4, -0.2) is 30.9 Å². The van der Waals surface area contributed by atoms with Gasteiger partial charge in [-0.05, 0) is 133 Å². The van der Waals surface area contributed by atoms with E-state index in [2.05, 4.69) is 234 Å². The van der Waals surface area contributed by atoms with Crippen LogP contribution in [0.4, 0.5) is 0 Å². The molecule has 0 fully saturated rings. The molecule has 2 heterocycles. The average Bonchev–Trinajstić information content (AvgIpc) is 3.65. The third-order valence-corrected chi connectivity index (χ3v) is 23.9. The monoisotopic (exact) mass is 1080 g/mol. The number of benzene rings is 1. The quantitative estimate of drug-likeness (QED) is 0.177. The van der Waals surface area contributed by atoms with Gasteiger partial charge in [-0.25, -0.2) is 0 Å². The van der Waals surface area contributed by atoms with E-state index in [1.807, 2.05) is 22.7 Å². The smallest absolute Gasteiger partial charge is 0.0355 e. The van der Waals surface area contributed by atoms with Crippen LogP contribution in [0.1, 0.15) is 241 Å². The van der Waals surface area contributed by atoms with Crippen LogP contribution >= 0.6 is 54.4 Å². The van der Waals surface area contributed by atoms with Crippen molar-refractivity contribution in [2.45, 2.75) is 250 Å². The molecule has 3 aromatic rings. The average molecular weight is 1080 g/mol. The van der Waals surface area contributed by atoms with E-state index < -0.39 is 0 Å². The summed E-state index contributed by atoms with van der Waals surface area (Å²) in [5.41, 5.74) is 13.6. The number of hydrogen-bond donors (Lipinski definition) is 0. The van der Waals surface area contributed by atoms with Crippen LogP contribution in [0.15, 0.2) is 39.9 Å². The molecule has 0 spiro atoms. The molecular formula is C56H95BrP2PdS2. The van der Waals surface area contributed by atoms with Crippen LogP contribution in [0.3, 0.4) is 0 Å². The van der Waals surface area contributed by atoms with E-state index in [9.17, 15) is 0 Å². The maximum absolute atomic E-state index is 3.68. The van der Waals surface area contributed by atoms with Crippen LogP contribution in [0.25, 0.3) is 22.3 Å². The Morgan fingerprint density at radius 3 is 1.13 bits per heavy atom. The van der Waals surface area contributed by atoms with E-state index in [4.69, 9.17) is 0 Å². The van der Waals surface area contributed by atoms with E-state index in [0.717, 1.165) is 0 Å². The maximum atomic E-state index is 3.68. The van der Waals surface area contributed by atoms with Crippen molar-refractivity contribution in [3.63, 3.8) is 0 Å². The van der Waals surface area contributed by atoms with Crippen molar-refractivity contribution in [1.29, 1.82) is 0 Å². The number of aryl methyl sites for hydroxylation is 2. The molecule has 0 aliphatic heterocycles. The first-order valence-corrected chi connectivity index (χ1v) is 27.8. The van der Waals surface area contributed by atoms with E-state index in [-0.39, 0.29) is 43.7 Å². The van der Waals surface area contributed by atoms with E-state index in [1.54, 1.807) is 11.1 Å². The molecular weight excluding hydrogens is 985 g/mol. The third kappa shape index (κ3) is 14.8. The van der Waals surface area contributed by atoms with Gasteiger partial charge in [0, 0.05) is 56.2 Å². The van der Waals surface area contributed by atoms with Gasteiger partial charge in [-0.2, -0.15) is 0 Å². The zero-order valence-corrected chi connectivity index (χ0v) is 51.0. The molecule has 0 saturated carbocycles. The number of thiophene rings is 2. The molecule has 2 atom stereocenters. The SMILES string of the molecule is C.CC(C)(C)P(C(C)(C)C)C(C)(C)C.CC(C)(C)P(C(C)(C)C)C(C)(C)C.CC1=C(C)C(C)c2c1sc(C)c2-c1ccccc1C(C)C.CC1=C(C)C(C)c2c1sc(C)c2Br.[Pd]. The predicted molar refractivity (Wildman–Crippen MR) is 298 cm³/mol. The first-order valence-electron chi connectivity index (χ1n) is 22.7.